The first kappa shape index (κ1) is 15.6. The summed E-state index contributed by atoms with van der Waals surface area (Å²) in [5.74, 6) is 0.963. The highest BCUT2D eigenvalue weighted by molar-refractivity contribution is 7.11. The molecule has 112 valence electrons. The van der Waals surface area contributed by atoms with E-state index in [2.05, 4.69) is 4.98 Å². The topological polar surface area (TPSA) is 42.4 Å². The van der Waals surface area contributed by atoms with Crippen molar-refractivity contribution in [2.75, 3.05) is 13.1 Å². The summed E-state index contributed by atoms with van der Waals surface area (Å²) in [6.07, 6.45) is 3.52. The van der Waals surface area contributed by atoms with Crippen molar-refractivity contribution in [3.8, 4) is 0 Å². The van der Waals surface area contributed by atoms with Crippen LogP contribution in [-0.4, -0.2) is 34.7 Å². The summed E-state index contributed by atoms with van der Waals surface area (Å²) in [7, 11) is 0. The Morgan fingerprint density at radius 1 is 1.50 bits per heavy atom. The fraction of sp³-hybridized carbons (Fsp3) is 0.714. The molecule has 0 unspecified atom stereocenters. The Morgan fingerprint density at radius 2 is 2.15 bits per heavy atom. The van der Waals surface area contributed by atoms with Gasteiger partial charge in [0.15, 0.2) is 0 Å². The summed E-state index contributed by atoms with van der Waals surface area (Å²) in [5.41, 5.74) is -0.432. The number of carbonyl (C=O) groups excluding carboxylic acids is 1. The molecule has 2 heterocycles. The predicted octanol–water partition coefficient (Wildman–Crippen LogP) is 4.00. The van der Waals surface area contributed by atoms with E-state index in [4.69, 9.17) is 16.3 Å². The summed E-state index contributed by atoms with van der Waals surface area (Å²) in [4.78, 5) is 19.3. The largest absolute Gasteiger partial charge is 0.444 e. The number of hydrogen-bond acceptors (Lipinski definition) is 4. The van der Waals surface area contributed by atoms with E-state index < -0.39 is 5.60 Å². The highest BCUT2D eigenvalue weighted by Crippen LogP contribution is 2.31. The van der Waals surface area contributed by atoms with Crippen molar-refractivity contribution in [3.63, 3.8) is 0 Å². The molecule has 0 N–H and O–H groups in total. The van der Waals surface area contributed by atoms with E-state index in [1.165, 1.54) is 0 Å². The number of ether oxygens (including phenoxy) is 1. The Bertz CT molecular complexity index is 462. The fourth-order valence-corrected chi connectivity index (χ4v) is 3.38. The van der Waals surface area contributed by atoms with Crippen molar-refractivity contribution in [1.29, 1.82) is 0 Å². The standard InChI is InChI=1S/C14H21ClN2O2S/c1-14(2,3)19-13(18)17-6-4-10(5-7-17)12-16-9-11(8-15)20-12/h9-10H,4-8H2,1-3H3. The molecule has 1 aliphatic heterocycles. The lowest BCUT2D eigenvalue weighted by Crippen LogP contribution is -2.41. The maximum Gasteiger partial charge on any atom is 0.410 e. The molecule has 4 nitrogen and oxygen atoms in total. The van der Waals surface area contributed by atoms with Crippen LogP contribution in [0.25, 0.3) is 0 Å². The summed E-state index contributed by atoms with van der Waals surface area (Å²) < 4.78 is 5.40. The zero-order chi connectivity index (χ0) is 14.8. The number of piperidine rings is 1. The molecule has 2 rings (SSSR count). The quantitative estimate of drug-likeness (QED) is 0.775. The third-order valence-corrected chi connectivity index (χ3v) is 4.81. The monoisotopic (exact) mass is 316 g/mol. The van der Waals surface area contributed by atoms with Gasteiger partial charge < -0.3 is 9.64 Å². The van der Waals surface area contributed by atoms with E-state index in [9.17, 15) is 4.79 Å². The van der Waals surface area contributed by atoms with Crippen molar-refractivity contribution >= 4 is 29.0 Å². The third-order valence-electron chi connectivity index (χ3n) is 3.20. The average Bonchev–Trinajstić information content (AvgIpc) is 2.85. The first-order chi connectivity index (χ1) is 9.39. The summed E-state index contributed by atoms with van der Waals surface area (Å²) in [6.45, 7) is 7.13. The summed E-state index contributed by atoms with van der Waals surface area (Å²) in [6, 6.07) is 0. The van der Waals surface area contributed by atoms with Gasteiger partial charge in [-0.3, -0.25) is 0 Å². The molecule has 0 spiro atoms. The lowest BCUT2D eigenvalue weighted by molar-refractivity contribution is 0.0205. The molecule has 20 heavy (non-hydrogen) atoms. The smallest absolute Gasteiger partial charge is 0.410 e. The molecule has 0 atom stereocenters. The molecule has 0 aromatic carbocycles. The Balaban J connectivity index is 1.87. The predicted molar refractivity (Wildman–Crippen MR) is 81.5 cm³/mol. The van der Waals surface area contributed by atoms with Crippen LogP contribution in [0.5, 0.6) is 0 Å². The number of amides is 1. The van der Waals surface area contributed by atoms with Gasteiger partial charge in [-0.15, -0.1) is 22.9 Å². The van der Waals surface area contributed by atoms with Crippen LogP contribution in [0.3, 0.4) is 0 Å². The van der Waals surface area contributed by atoms with E-state index in [1.54, 1.807) is 16.2 Å². The number of aromatic nitrogens is 1. The number of carbonyl (C=O) groups is 1. The Hall–Kier alpha value is -0.810. The molecule has 0 bridgehead atoms. The van der Waals surface area contributed by atoms with Crippen LogP contribution in [0, 0.1) is 0 Å². The van der Waals surface area contributed by atoms with E-state index in [1.807, 2.05) is 27.0 Å². The van der Waals surface area contributed by atoms with Crippen molar-refractivity contribution < 1.29 is 9.53 Å². The summed E-state index contributed by atoms with van der Waals surface area (Å²) >= 11 is 7.49. The number of likely N-dealkylation sites (tertiary alicyclic amines) is 1. The average molecular weight is 317 g/mol. The van der Waals surface area contributed by atoms with Crippen LogP contribution in [-0.2, 0) is 10.6 Å². The first-order valence-corrected chi connectivity index (χ1v) is 8.22. The van der Waals surface area contributed by atoms with Crippen molar-refractivity contribution in [3.05, 3.63) is 16.1 Å². The molecule has 6 heteroatoms. The second-order valence-corrected chi connectivity index (χ2v) is 7.45. The zero-order valence-electron chi connectivity index (χ0n) is 12.2. The van der Waals surface area contributed by atoms with E-state index >= 15 is 0 Å². The molecule has 1 aromatic heterocycles. The van der Waals surface area contributed by atoms with Gasteiger partial charge in [0, 0.05) is 30.1 Å². The second-order valence-electron chi connectivity index (χ2n) is 6.04. The molecule has 0 saturated carbocycles. The molecule has 1 aliphatic rings. The number of nitrogens with zero attached hydrogens (tertiary/aromatic N) is 2. The number of thiazole rings is 1. The number of rotatable bonds is 2. The van der Waals surface area contributed by atoms with Crippen molar-refractivity contribution in [1.82, 2.24) is 9.88 Å². The SMILES string of the molecule is CC(C)(C)OC(=O)N1CCC(c2ncc(CCl)s2)CC1. The van der Waals surface area contributed by atoms with Gasteiger partial charge >= 0.3 is 6.09 Å². The summed E-state index contributed by atoms with van der Waals surface area (Å²) in [5, 5.41) is 1.14. The minimum Gasteiger partial charge on any atom is -0.444 e. The number of hydrogen-bond donors (Lipinski definition) is 0. The third kappa shape index (κ3) is 4.09. The minimum atomic E-state index is -0.432. The van der Waals surface area contributed by atoms with Crippen molar-refractivity contribution in [2.24, 2.45) is 0 Å². The molecule has 1 fully saturated rings. The molecular weight excluding hydrogens is 296 g/mol. The van der Waals surface area contributed by atoms with Crippen LogP contribution in [0.1, 0.15) is 49.4 Å². The lowest BCUT2D eigenvalue weighted by Gasteiger charge is -2.32. The number of alkyl halides is 1. The van der Waals surface area contributed by atoms with Gasteiger partial charge in [0.2, 0.25) is 0 Å². The lowest BCUT2D eigenvalue weighted by atomic mass is 9.98. The molecular formula is C14H21ClN2O2S. The Labute approximate surface area is 129 Å². The van der Waals surface area contributed by atoms with E-state index in [-0.39, 0.29) is 6.09 Å². The van der Waals surface area contributed by atoms with E-state index in [0.717, 1.165) is 35.8 Å². The Morgan fingerprint density at radius 3 is 2.65 bits per heavy atom. The van der Waals surface area contributed by atoms with E-state index in [0.29, 0.717) is 11.8 Å². The van der Waals surface area contributed by atoms with Crippen LogP contribution in [0.4, 0.5) is 4.79 Å². The van der Waals surface area contributed by atoms with Crippen LogP contribution in [0.15, 0.2) is 6.20 Å². The first-order valence-electron chi connectivity index (χ1n) is 6.87. The normalized spacial score (nSPS) is 17.3. The van der Waals surface area contributed by atoms with Gasteiger partial charge in [-0.25, -0.2) is 9.78 Å². The van der Waals surface area contributed by atoms with Gasteiger partial charge in [-0.2, -0.15) is 0 Å². The highest BCUT2D eigenvalue weighted by Gasteiger charge is 2.28. The highest BCUT2D eigenvalue weighted by atomic mass is 35.5. The van der Waals surface area contributed by atoms with Gasteiger partial charge in [-0.05, 0) is 33.6 Å². The molecule has 1 aromatic rings. The van der Waals surface area contributed by atoms with Crippen LogP contribution < -0.4 is 0 Å². The Kier molecular flexibility index (Phi) is 4.91. The van der Waals surface area contributed by atoms with Crippen LogP contribution >= 0.6 is 22.9 Å². The van der Waals surface area contributed by atoms with Crippen LogP contribution in [0.2, 0.25) is 0 Å². The molecule has 1 saturated heterocycles. The number of halogens is 1. The maximum atomic E-state index is 12.0. The second kappa shape index (κ2) is 6.31. The zero-order valence-corrected chi connectivity index (χ0v) is 13.8. The molecule has 1 amide bonds. The van der Waals surface area contributed by atoms with Gasteiger partial charge in [0.05, 0.1) is 10.9 Å². The fourth-order valence-electron chi connectivity index (χ4n) is 2.21. The molecule has 0 radical (unpaired) electrons. The minimum absolute atomic E-state index is 0.212. The van der Waals surface area contributed by atoms with Gasteiger partial charge in [0.1, 0.15) is 5.60 Å². The van der Waals surface area contributed by atoms with Gasteiger partial charge in [-0.1, -0.05) is 0 Å². The van der Waals surface area contributed by atoms with Gasteiger partial charge in [0.25, 0.3) is 0 Å². The molecule has 0 aliphatic carbocycles. The maximum absolute atomic E-state index is 12.0. The van der Waals surface area contributed by atoms with Crippen molar-refractivity contribution in [2.45, 2.75) is 51.0 Å².